The molecule has 10 rings (SSSR count). The van der Waals surface area contributed by atoms with Gasteiger partial charge in [-0.15, -0.1) is 0 Å². The van der Waals surface area contributed by atoms with E-state index in [0.29, 0.717) is 5.82 Å². The van der Waals surface area contributed by atoms with E-state index in [9.17, 15) is 0 Å². The van der Waals surface area contributed by atoms with Crippen LogP contribution >= 0.6 is 0 Å². The number of hydrogen-bond donors (Lipinski definition) is 0. The minimum Gasteiger partial charge on any atom is -0.228 e. The lowest BCUT2D eigenvalue weighted by atomic mass is 9.91. The minimum atomic E-state index is 0.712. The number of nitrogens with zero attached hydrogens (tertiary/aromatic N) is 2. The van der Waals surface area contributed by atoms with Crippen molar-refractivity contribution in [1.29, 1.82) is 0 Å². The van der Waals surface area contributed by atoms with E-state index in [0.717, 1.165) is 44.4 Å². The summed E-state index contributed by atoms with van der Waals surface area (Å²) in [6.45, 7) is 0. The van der Waals surface area contributed by atoms with Crippen molar-refractivity contribution in [3.8, 4) is 56.2 Å². The van der Waals surface area contributed by atoms with E-state index in [4.69, 9.17) is 9.97 Å². The van der Waals surface area contributed by atoms with E-state index < -0.39 is 0 Å². The molecule has 0 amide bonds. The number of rotatable bonds is 5. The van der Waals surface area contributed by atoms with Crippen molar-refractivity contribution < 1.29 is 0 Å². The van der Waals surface area contributed by atoms with Gasteiger partial charge in [-0.25, -0.2) is 9.97 Å². The van der Waals surface area contributed by atoms with E-state index in [2.05, 4.69) is 194 Å². The van der Waals surface area contributed by atoms with Gasteiger partial charge in [-0.2, -0.15) is 0 Å². The van der Waals surface area contributed by atoms with Gasteiger partial charge in [-0.1, -0.05) is 182 Å². The van der Waals surface area contributed by atoms with E-state index in [-0.39, 0.29) is 0 Å². The fraction of sp³-hybridized carbons (Fsp3) is 0. The Morgan fingerprint density at radius 2 is 0.827 bits per heavy atom. The van der Waals surface area contributed by atoms with Gasteiger partial charge < -0.3 is 0 Å². The molecule has 1 heterocycles. The largest absolute Gasteiger partial charge is 0.228 e. The van der Waals surface area contributed by atoms with Crippen molar-refractivity contribution in [2.24, 2.45) is 0 Å². The first kappa shape index (κ1) is 30.0. The highest BCUT2D eigenvalue weighted by molar-refractivity contribution is 6.19. The Kier molecular flexibility index (Phi) is 7.18. The Labute approximate surface area is 302 Å². The van der Waals surface area contributed by atoms with Gasteiger partial charge in [0.15, 0.2) is 5.82 Å². The van der Waals surface area contributed by atoms with Crippen LogP contribution in [-0.2, 0) is 0 Å². The first-order valence-corrected chi connectivity index (χ1v) is 17.7. The molecular formula is C50H32N2. The summed E-state index contributed by atoms with van der Waals surface area (Å²) < 4.78 is 0. The summed E-state index contributed by atoms with van der Waals surface area (Å²) in [7, 11) is 0. The van der Waals surface area contributed by atoms with E-state index in [1.165, 1.54) is 49.0 Å². The Hall–Kier alpha value is -6.90. The van der Waals surface area contributed by atoms with Crippen LogP contribution in [-0.4, -0.2) is 9.97 Å². The van der Waals surface area contributed by atoms with Crippen molar-refractivity contribution in [3.05, 3.63) is 194 Å². The number of hydrogen-bond acceptors (Lipinski definition) is 2. The molecule has 242 valence electrons. The molecule has 0 atom stereocenters. The third-order valence-corrected chi connectivity index (χ3v) is 10.3. The van der Waals surface area contributed by atoms with Crippen LogP contribution in [0.3, 0.4) is 0 Å². The standard InChI is InChI=1S/C50H32N2/c1-2-13-33(14-3-1)34-25-27-37(28-26-34)47-32-48(44-23-11-10-22-43(44)42-24-12-18-35-15-4-7-19-39(35)42)52-50(51-47)49-41-21-9-6-17-38(41)31-46-40-20-8-5-16-36(40)29-30-45(46)49/h1-32H. The maximum absolute atomic E-state index is 5.50. The van der Waals surface area contributed by atoms with Crippen LogP contribution in [0.25, 0.3) is 99.2 Å². The monoisotopic (exact) mass is 660 g/mol. The van der Waals surface area contributed by atoms with Gasteiger partial charge in [-0.3, -0.25) is 0 Å². The van der Waals surface area contributed by atoms with E-state index in [1.807, 2.05) is 0 Å². The molecule has 0 fully saturated rings. The summed E-state index contributed by atoms with van der Waals surface area (Å²) in [5, 5.41) is 9.51. The molecule has 0 saturated carbocycles. The highest BCUT2D eigenvalue weighted by Gasteiger charge is 2.19. The fourth-order valence-electron chi connectivity index (χ4n) is 7.77. The zero-order valence-electron chi connectivity index (χ0n) is 28.4. The fourth-order valence-corrected chi connectivity index (χ4v) is 7.77. The van der Waals surface area contributed by atoms with E-state index >= 15 is 0 Å². The Morgan fingerprint density at radius 3 is 1.63 bits per heavy atom. The first-order chi connectivity index (χ1) is 25.8. The SMILES string of the molecule is c1ccc(-c2ccc(-c3cc(-c4ccccc4-c4cccc5ccccc45)nc(-c4c5ccccc5cc5c4ccc4ccccc45)n3)cc2)cc1. The summed E-state index contributed by atoms with van der Waals surface area (Å²) in [6.07, 6.45) is 0. The van der Waals surface area contributed by atoms with Crippen molar-refractivity contribution in [3.63, 3.8) is 0 Å². The van der Waals surface area contributed by atoms with Gasteiger partial charge in [0.1, 0.15) is 0 Å². The van der Waals surface area contributed by atoms with Crippen molar-refractivity contribution in [1.82, 2.24) is 9.97 Å². The summed E-state index contributed by atoms with van der Waals surface area (Å²) in [4.78, 5) is 10.9. The van der Waals surface area contributed by atoms with Gasteiger partial charge in [0, 0.05) is 16.7 Å². The Bertz CT molecular complexity index is 2940. The van der Waals surface area contributed by atoms with Crippen LogP contribution < -0.4 is 0 Å². The molecule has 0 aliphatic heterocycles. The average Bonchev–Trinajstić information content (AvgIpc) is 3.23. The Balaban J connectivity index is 1.26. The average molecular weight is 661 g/mol. The summed E-state index contributed by atoms with van der Waals surface area (Å²) in [5.41, 5.74) is 9.62. The predicted octanol–water partition coefficient (Wildman–Crippen LogP) is 13.4. The summed E-state index contributed by atoms with van der Waals surface area (Å²) in [5.74, 6) is 0.712. The molecule has 0 saturated heterocycles. The third kappa shape index (κ3) is 5.12. The molecular weight excluding hydrogens is 629 g/mol. The van der Waals surface area contributed by atoms with Crippen LogP contribution in [0.4, 0.5) is 0 Å². The molecule has 1 aromatic heterocycles. The second kappa shape index (κ2) is 12.5. The smallest absolute Gasteiger partial charge is 0.161 e. The van der Waals surface area contributed by atoms with Crippen molar-refractivity contribution in [2.45, 2.75) is 0 Å². The maximum atomic E-state index is 5.50. The normalized spacial score (nSPS) is 11.5. The highest BCUT2D eigenvalue weighted by Crippen LogP contribution is 2.41. The van der Waals surface area contributed by atoms with Crippen LogP contribution in [0.1, 0.15) is 0 Å². The van der Waals surface area contributed by atoms with Crippen LogP contribution in [0.5, 0.6) is 0 Å². The number of benzene rings is 9. The van der Waals surface area contributed by atoms with Gasteiger partial charge in [0.2, 0.25) is 0 Å². The molecule has 0 N–H and O–H groups in total. The molecule has 2 nitrogen and oxygen atoms in total. The molecule has 52 heavy (non-hydrogen) atoms. The minimum absolute atomic E-state index is 0.712. The molecule has 0 radical (unpaired) electrons. The summed E-state index contributed by atoms with van der Waals surface area (Å²) in [6, 6.07) is 69.2. The van der Waals surface area contributed by atoms with E-state index in [1.54, 1.807) is 0 Å². The number of aromatic nitrogens is 2. The molecule has 0 aliphatic carbocycles. The molecule has 0 bridgehead atoms. The molecule has 0 aliphatic rings. The maximum Gasteiger partial charge on any atom is 0.161 e. The first-order valence-electron chi connectivity index (χ1n) is 17.7. The van der Waals surface area contributed by atoms with Gasteiger partial charge in [0.05, 0.1) is 11.4 Å². The van der Waals surface area contributed by atoms with Crippen molar-refractivity contribution in [2.75, 3.05) is 0 Å². The topological polar surface area (TPSA) is 25.8 Å². The zero-order valence-corrected chi connectivity index (χ0v) is 28.4. The van der Waals surface area contributed by atoms with Gasteiger partial charge >= 0.3 is 0 Å². The van der Waals surface area contributed by atoms with Crippen LogP contribution in [0.15, 0.2) is 194 Å². The molecule has 2 heteroatoms. The quantitative estimate of drug-likeness (QED) is 0.136. The van der Waals surface area contributed by atoms with Gasteiger partial charge in [-0.05, 0) is 77.5 Å². The predicted molar refractivity (Wildman–Crippen MR) is 219 cm³/mol. The molecule has 0 unspecified atom stereocenters. The second-order valence-electron chi connectivity index (χ2n) is 13.3. The van der Waals surface area contributed by atoms with Crippen LogP contribution in [0, 0.1) is 0 Å². The lowest BCUT2D eigenvalue weighted by molar-refractivity contribution is 1.19. The summed E-state index contributed by atoms with van der Waals surface area (Å²) >= 11 is 0. The highest BCUT2D eigenvalue weighted by atomic mass is 14.9. The van der Waals surface area contributed by atoms with Crippen molar-refractivity contribution >= 4 is 43.1 Å². The van der Waals surface area contributed by atoms with Gasteiger partial charge in [0.25, 0.3) is 0 Å². The lowest BCUT2D eigenvalue weighted by Gasteiger charge is -2.17. The van der Waals surface area contributed by atoms with Crippen LogP contribution in [0.2, 0.25) is 0 Å². The molecule has 9 aromatic carbocycles. The molecule has 10 aromatic rings. The Morgan fingerprint density at radius 1 is 0.269 bits per heavy atom. The number of fused-ring (bicyclic) bond motifs is 5. The second-order valence-corrected chi connectivity index (χ2v) is 13.3. The molecule has 0 spiro atoms. The lowest BCUT2D eigenvalue weighted by Crippen LogP contribution is -1.99. The zero-order chi connectivity index (χ0) is 34.4. The third-order valence-electron chi connectivity index (χ3n) is 10.3.